The summed E-state index contributed by atoms with van der Waals surface area (Å²) in [4.78, 5) is 19.6. The summed E-state index contributed by atoms with van der Waals surface area (Å²) in [5.41, 5.74) is 8.16. The molecule has 170 valence electrons. The lowest BCUT2D eigenvalue weighted by atomic mass is 10.0. The largest absolute Gasteiger partial charge is 0.416 e. The number of aromatic amines is 1. The highest BCUT2D eigenvalue weighted by atomic mass is 32.2. The van der Waals surface area contributed by atoms with Crippen molar-refractivity contribution in [2.75, 3.05) is 0 Å². The molecule has 0 aliphatic carbocycles. The summed E-state index contributed by atoms with van der Waals surface area (Å²) in [7, 11) is 0. The van der Waals surface area contributed by atoms with Gasteiger partial charge in [0.05, 0.1) is 27.9 Å². The van der Waals surface area contributed by atoms with Gasteiger partial charge in [0.25, 0.3) is 0 Å². The van der Waals surface area contributed by atoms with Crippen LogP contribution in [0.25, 0.3) is 11.0 Å². The molecule has 2 aromatic carbocycles. The molecule has 3 aromatic rings. The van der Waals surface area contributed by atoms with Crippen LogP contribution in [-0.2, 0) is 17.4 Å². The Kier molecular flexibility index (Phi) is 5.75. The summed E-state index contributed by atoms with van der Waals surface area (Å²) in [5.74, 6) is 0.582. The molecule has 1 amide bonds. The zero-order chi connectivity index (χ0) is 23.3. The van der Waals surface area contributed by atoms with Crippen LogP contribution in [0.15, 0.2) is 42.5 Å². The topological polar surface area (TPSA) is 75.0 Å². The number of halogens is 3. The molecule has 1 saturated heterocycles. The molecule has 1 aliphatic rings. The van der Waals surface area contributed by atoms with Gasteiger partial charge in [-0.3, -0.25) is 9.10 Å². The fourth-order valence-corrected chi connectivity index (χ4v) is 5.03. The van der Waals surface area contributed by atoms with Gasteiger partial charge >= 0.3 is 6.18 Å². The number of fused-ring (bicyclic) bond motifs is 1. The molecule has 32 heavy (non-hydrogen) atoms. The zero-order valence-corrected chi connectivity index (χ0v) is 18.8. The molecule has 0 bridgehead atoms. The van der Waals surface area contributed by atoms with Gasteiger partial charge in [0.1, 0.15) is 5.82 Å². The van der Waals surface area contributed by atoms with Crippen molar-refractivity contribution in [1.82, 2.24) is 14.3 Å². The number of amides is 1. The van der Waals surface area contributed by atoms with Crippen molar-refractivity contribution in [1.29, 1.82) is 0 Å². The third kappa shape index (κ3) is 4.63. The Balaban J connectivity index is 1.45. The minimum Gasteiger partial charge on any atom is -0.341 e. The number of aromatic nitrogens is 2. The lowest BCUT2D eigenvalue weighted by molar-refractivity contribution is -0.137. The second-order valence-electron chi connectivity index (χ2n) is 9.06. The van der Waals surface area contributed by atoms with Crippen LogP contribution in [0.2, 0.25) is 0 Å². The van der Waals surface area contributed by atoms with Gasteiger partial charge in [-0.15, -0.1) is 0 Å². The van der Waals surface area contributed by atoms with Crippen molar-refractivity contribution >= 4 is 28.9 Å². The van der Waals surface area contributed by atoms with Gasteiger partial charge in [-0.25, -0.2) is 4.98 Å². The van der Waals surface area contributed by atoms with E-state index >= 15 is 0 Å². The number of carbonyl (C=O) groups is 1. The Morgan fingerprint density at radius 2 is 1.88 bits per heavy atom. The van der Waals surface area contributed by atoms with Crippen LogP contribution in [0.5, 0.6) is 0 Å². The first-order chi connectivity index (χ1) is 14.9. The first-order valence-electron chi connectivity index (χ1n) is 10.3. The Hall–Kier alpha value is -2.52. The van der Waals surface area contributed by atoms with Crippen LogP contribution >= 0.6 is 11.9 Å². The Labute approximate surface area is 188 Å². The molecule has 5 nitrogen and oxygen atoms in total. The summed E-state index contributed by atoms with van der Waals surface area (Å²) in [6, 6.07) is 10.9. The first kappa shape index (κ1) is 22.7. The molecule has 2 heterocycles. The number of rotatable bonds is 4. The van der Waals surface area contributed by atoms with Crippen LogP contribution in [0.1, 0.15) is 61.0 Å². The Bertz CT molecular complexity index is 1130. The molecule has 1 fully saturated rings. The fraction of sp³-hybridized carbons (Fsp3) is 0.391. The number of hydrogen-bond donors (Lipinski definition) is 2. The SMILES string of the molecule is CC(C)(C)N1SC(c2ccc(C[C@H](N)c3nc4ccc(C(F)(F)F)cc4[nH]3)cc2)CC1=O. The number of alkyl halides is 3. The van der Waals surface area contributed by atoms with Crippen molar-refractivity contribution < 1.29 is 18.0 Å². The Morgan fingerprint density at radius 1 is 1.19 bits per heavy atom. The number of nitrogens with one attached hydrogen (secondary N) is 1. The van der Waals surface area contributed by atoms with Crippen LogP contribution in [0.3, 0.4) is 0 Å². The normalized spacial score (nSPS) is 18.5. The first-order valence-corrected chi connectivity index (χ1v) is 11.2. The van der Waals surface area contributed by atoms with Gasteiger partial charge in [0.2, 0.25) is 5.91 Å². The average Bonchev–Trinajstić information content (AvgIpc) is 3.30. The highest BCUT2D eigenvalue weighted by Gasteiger charge is 2.38. The van der Waals surface area contributed by atoms with E-state index in [0.717, 1.165) is 23.3 Å². The van der Waals surface area contributed by atoms with Gasteiger partial charge < -0.3 is 10.7 Å². The molecule has 1 unspecified atom stereocenters. The number of H-pyrrole nitrogens is 1. The van der Waals surface area contributed by atoms with Crippen molar-refractivity contribution in [2.24, 2.45) is 5.73 Å². The molecule has 4 rings (SSSR count). The molecule has 0 spiro atoms. The van der Waals surface area contributed by atoms with Crippen LogP contribution in [-0.4, -0.2) is 25.7 Å². The highest BCUT2D eigenvalue weighted by Crippen LogP contribution is 2.45. The van der Waals surface area contributed by atoms with Crippen LogP contribution < -0.4 is 5.73 Å². The predicted molar refractivity (Wildman–Crippen MR) is 120 cm³/mol. The van der Waals surface area contributed by atoms with E-state index in [1.807, 2.05) is 49.3 Å². The maximum Gasteiger partial charge on any atom is 0.416 e. The summed E-state index contributed by atoms with van der Waals surface area (Å²) in [6.07, 6.45) is -3.45. The standard InChI is InChI=1S/C23H25F3N4OS/c1-22(2,3)30-20(31)12-19(32-30)14-6-4-13(5-7-14)10-16(27)21-28-17-9-8-15(23(24,25)26)11-18(17)29-21/h4-9,11,16,19H,10,12,27H2,1-3H3,(H,28,29)/t16-,19?/m0/s1. The quantitative estimate of drug-likeness (QED) is 0.499. The Morgan fingerprint density at radius 3 is 2.47 bits per heavy atom. The second-order valence-corrected chi connectivity index (χ2v) is 10.2. The molecular weight excluding hydrogens is 437 g/mol. The third-order valence-electron chi connectivity index (χ3n) is 5.41. The van der Waals surface area contributed by atoms with E-state index in [1.54, 1.807) is 11.9 Å². The third-order valence-corrected chi connectivity index (χ3v) is 7.07. The van der Waals surface area contributed by atoms with E-state index in [-0.39, 0.29) is 16.7 Å². The molecule has 3 N–H and O–H groups in total. The van der Waals surface area contributed by atoms with Crippen molar-refractivity contribution in [3.8, 4) is 0 Å². The van der Waals surface area contributed by atoms with Crippen LogP contribution in [0, 0.1) is 0 Å². The number of carbonyl (C=O) groups excluding carboxylic acids is 1. The number of nitrogens with two attached hydrogens (primary N) is 1. The maximum absolute atomic E-state index is 12.9. The van der Waals surface area contributed by atoms with Crippen LogP contribution in [0.4, 0.5) is 13.2 Å². The van der Waals surface area contributed by atoms with E-state index in [0.29, 0.717) is 29.7 Å². The number of nitrogens with zero attached hydrogens (tertiary/aromatic N) is 2. The second kappa shape index (κ2) is 8.12. The van der Waals surface area contributed by atoms with Gasteiger partial charge in [-0.2, -0.15) is 13.2 Å². The smallest absolute Gasteiger partial charge is 0.341 e. The van der Waals surface area contributed by atoms with Gasteiger partial charge in [-0.05, 0) is 68.5 Å². The van der Waals surface area contributed by atoms with E-state index in [1.165, 1.54) is 6.07 Å². The predicted octanol–water partition coefficient (Wildman–Crippen LogP) is 5.54. The average molecular weight is 463 g/mol. The van der Waals surface area contributed by atoms with Gasteiger partial charge in [0.15, 0.2) is 0 Å². The number of imidazole rings is 1. The summed E-state index contributed by atoms with van der Waals surface area (Å²) in [5, 5.41) is 0.0858. The number of benzene rings is 2. The maximum atomic E-state index is 12.9. The van der Waals surface area contributed by atoms with Gasteiger partial charge in [-0.1, -0.05) is 24.3 Å². The molecule has 1 aliphatic heterocycles. The molecule has 0 saturated carbocycles. The van der Waals surface area contributed by atoms with Gasteiger partial charge in [0, 0.05) is 12.0 Å². The van der Waals surface area contributed by atoms with E-state index in [4.69, 9.17) is 5.73 Å². The van der Waals surface area contributed by atoms with Crippen molar-refractivity contribution in [3.63, 3.8) is 0 Å². The molecule has 9 heteroatoms. The monoisotopic (exact) mass is 462 g/mol. The fourth-order valence-electron chi connectivity index (χ4n) is 3.78. The highest BCUT2D eigenvalue weighted by molar-refractivity contribution is 7.98. The minimum atomic E-state index is -4.41. The molecule has 2 atom stereocenters. The van der Waals surface area contributed by atoms with Crippen molar-refractivity contribution in [2.45, 2.75) is 56.6 Å². The number of hydrogen-bond acceptors (Lipinski definition) is 4. The lowest BCUT2D eigenvalue weighted by Gasteiger charge is -2.30. The summed E-state index contributed by atoms with van der Waals surface area (Å²) < 4.78 is 40.6. The van der Waals surface area contributed by atoms with E-state index in [2.05, 4.69) is 9.97 Å². The lowest BCUT2D eigenvalue weighted by Crippen LogP contribution is -2.37. The summed E-state index contributed by atoms with van der Waals surface area (Å²) >= 11 is 1.56. The van der Waals surface area contributed by atoms with E-state index < -0.39 is 17.8 Å². The molecule has 1 aromatic heterocycles. The molecule has 0 radical (unpaired) electrons. The summed E-state index contributed by atoms with van der Waals surface area (Å²) in [6.45, 7) is 6.06. The zero-order valence-electron chi connectivity index (χ0n) is 18.0. The molecular formula is C23H25F3N4OS. The minimum absolute atomic E-state index is 0.0858. The van der Waals surface area contributed by atoms with E-state index in [9.17, 15) is 18.0 Å². The van der Waals surface area contributed by atoms with Crippen molar-refractivity contribution in [3.05, 3.63) is 65.0 Å².